The molecule has 0 saturated carbocycles. The Morgan fingerprint density at radius 3 is 2.74 bits per heavy atom. The first-order valence-electron chi connectivity index (χ1n) is 8.15. The van der Waals surface area contributed by atoms with Crippen molar-refractivity contribution in [2.75, 3.05) is 20.1 Å². The number of hydrogen-bond donors (Lipinski definition) is 1. The van der Waals surface area contributed by atoms with Crippen LogP contribution in [-0.4, -0.2) is 40.7 Å². The summed E-state index contributed by atoms with van der Waals surface area (Å²) < 4.78 is 1.89. The molecule has 0 spiro atoms. The third-order valence-corrected chi connectivity index (χ3v) is 3.86. The van der Waals surface area contributed by atoms with Crippen LogP contribution in [0.4, 0.5) is 0 Å². The maximum absolute atomic E-state index is 12.2. The summed E-state index contributed by atoms with van der Waals surface area (Å²) >= 11 is 0. The Hall–Kier alpha value is -2.14. The summed E-state index contributed by atoms with van der Waals surface area (Å²) in [4.78, 5) is 14.4. The van der Waals surface area contributed by atoms with Crippen molar-refractivity contribution in [1.29, 1.82) is 0 Å². The quantitative estimate of drug-likeness (QED) is 0.814. The smallest absolute Gasteiger partial charge is 0.254 e. The first-order valence-corrected chi connectivity index (χ1v) is 8.15. The minimum atomic E-state index is -0.0436. The van der Waals surface area contributed by atoms with Gasteiger partial charge in [-0.25, -0.2) is 0 Å². The predicted molar refractivity (Wildman–Crippen MR) is 92.4 cm³/mol. The fourth-order valence-corrected chi connectivity index (χ4v) is 2.54. The number of benzene rings is 1. The number of aromatic nitrogens is 2. The lowest BCUT2D eigenvalue weighted by atomic mass is 10.2. The van der Waals surface area contributed by atoms with Crippen LogP contribution >= 0.6 is 0 Å². The molecule has 2 aromatic rings. The van der Waals surface area contributed by atoms with Gasteiger partial charge in [0.25, 0.3) is 5.91 Å². The van der Waals surface area contributed by atoms with Gasteiger partial charge in [-0.05, 0) is 26.0 Å². The van der Waals surface area contributed by atoms with Gasteiger partial charge in [0.05, 0.1) is 11.8 Å². The van der Waals surface area contributed by atoms with E-state index in [1.54, 1.807) is 6.20 Å². The zero-order chi connectivity index (χ0) is 16.7. The number of carbonyl (C=O) groups is 1. The first kappa shape index (κ1) is 17.2. The zero-order valence-corrected chi connectivity index (χ0v) is 14.2. The van der Waals surface area contributed by atoms with Crippen LogP contribution in [0.5, 0.6) is 0 Å². The second kappa shape index (κ2) is 8.48. The Labute approximate surface area is 138 Å². The maximum atomic E-state index is 12.2. The molecule has 0 radical (unpaired) electrons. The molecule has 0 saturated heterocycles. The summed E-state index contributed by atoms with van der Waals surface area (Å²) in [7, 11) is 2.06. The molecule has 0 aliphatic heterocycles. The molecule has 5 nitrogen and oxygen atoms in total. The average Bonchev–Trinajstić information content (AvgIpc) is 2.90. The fourth-order valence-electron chi connectivity index (χ4n) is 2.54. The van der Waals surface area contributed by atoms with Crippen LogP contribution in [0.1, 0.15) is 35.0 Å². The standard InChI is InChI=1S/C18H26N4O/c1-4-11-22-15(2)17(13-20-22)18(23)19-10-12-21(3)14-16-8-6-5-7-9-16/h5-9,13H,4,10-12,14H2,1-3H3,(H,19,23). The van der Waals surface area contributed by atoms with E-state index in [9.17, 15) is 4.79 Å². The average molecular weight is 314 g/mol. The Balaban J connectivity index is 1.78. The van der Waals surface area contributed by atoms with Crippen LogP contribution < -0.4 is 5.32 Å². The molecule has 1 N–H and O–H groups in total. The van der Waals surface area contributed by atoms with E-state index in [4.69, 9.17) is 0 Å². The summed E-state index contributed by atoms with van der Waals surface area (Å²) in [6, 6.07) is 10.3. The second-order valence-corrected chi connectivity index (χ2v) is 5.85. The molecular formula is C18H26N4O. The lowest BCUT2D eigenvalue weighted by Gasteiger charge is -2.17. The van der Waals surface area contributed by atoms with E-state index in [0.29, 0.717) is 12.1 Å². The van der Waals surface area contributed by atoms with E-state index in [-0.39, 0.29) is 5.91 Å². The van der Waals surface area contributed by atoms with Crippen molar-refractivity contribution < 1.29 is 4.79 Å². The van der Waals surface area contributed by atoms with Crippen LogP contribution in [-0.2, 0) is 13.1 Å². The minimum absolute atomic E-state index is 0.0436. The number of carbonyl (C=O) groups excluding carboxylic acids is 1. The van der Waals surface area contributed by atoms with Crippen molar-refractivity contribution >= 4 is 5.91 Å². The third kappa shape index (κ3) is 4.93. The predicted octanol–water partition coefficient (Wildman–Crippen LogP) is 2.46. The Kier molecular flexibility index (Phi) is 6.35. The number of nitrogens with zero attached hydrogens (tertiary/aromatic N) is 3. The molecule has 0 atom stereocenters. The number of likely N-dealkylation sites (N-methyl/N-ethyl adjacent to an activating group) is 1. The molecule has 0 aliphatic carbocycles. The molecule has 0 aliphatic rings. The Morgan fingerprint density at radius 2 is 2.04 bits per heavy atom. The molecule has 1 heterocycles. The molecule has 1 amide bonds. The number of amides is 1. The molecule has 1 aromatic heterocycles. The van der Waals surface area contributed by atoms with Gasteiger partial charge in [-0.2, -0.15) is 5.10 Å². The molecule has 2 rings (SSSR count). The largest absolute Gasteiger partial charge is 0.351 e. The molecule has 0 bridgehead atoms. The summed E-state index contributed by atoms with van der Waals surface area (Å²) in [5, 5.41) is 7.25. The Bertz CT molecular complexity index is 621. The van der Waals surface area contributed by atoms with Crippen molar-refractivity contribution in [3.8, 4) is 0 Å². The van der Waals surface area contributed by atoms with E-state index >= 15 is 0 Å². The number of rotatable bonds is 8. The number of aryl methyl sites for hydroxylation is 1. The van der Waals surface area contributed by atoms with Gasteiger partial charge >= 0.3 is 0 Å². The monoisotopic (exact) mass is 314 g/mol. The van der Waals surface area contributed by atoms with Crippen LogP contribution in [0, 0.1) is 6.92 Å². The van der Waals surface area contributed by atoms with Gasteiger partial charge in [0.1, 0.15) is 0 Å². The van der Waals surface area contributed by atoms with Crippen LogP contribution in [0.2, 0.25) is 0 Å². The first-order chi connectivity index (χ1) is 11.1. The lowest BCUT2D eigenvalue weighted by Crippen LogP contribution is -2.33. The van der Waals surface area contributed by atoms with Gasteiger partial charge in [-0.15, -0.1) is 0 Å². The van der Waals surface area contributed by atoms with E-state index in [1.165, 1.54) is 5.56 Å². The highest BCUT2D eigenvalue weighted by molar-refractivity contribution is 5.95. The van der Waals surface area contributed by atoms with Crippen LogP contribution in [0.3, 0.4) is 0 Å². The highest BCUT2D eigenvalue weighted by Crippen LogP contribution is 2.07. The molecule has 1 aromatic carbocycles. The van der Waals surface area contributed by atoms with Crippen LogP contribution in [0.15, 0.2) is 36.5 Å². The summed E-state index contributed by atoms with van der Waals surface area (Å²) in [5.41, 5.74) is 2.88. The van der Waals surface area contributed by atoms with Crippen molar-refractivity contribution in [1.82, 2.24) is 20.0 Å². The van der Waals surface area contributed by atoms with E-state index in [1.807, 2.05) is 29.8 Å². The summed E-state index contributed by atoms with van der Waals surface area (Å²) in [5.74, 6) is -0.0436. The van der Waals surface area contributed by atoms with Gasteiger partial charge in [0.2, 0.25) is 0 Å². The van der Waals surface area contributed by atoms with Gasteiger partial charge in [-0.1, -0.05) is 37.3 Å². The van der Waals surface area contributed by atoms with Gasteiger partial charge < -0.3 is 10.2 Å². The zero-order valence-electron chi connectivity index (χ0n) is 14.2. The maximum Gasteiger partial charge on any atom is 0.254 e. The van der Waals surface area contributed by atoms with E-state index in [2.05, 4.69) is 41.4 Å². The minimum Gasteiger partial charge on any atom is -0.351 e. The third-order valence-electron chi connectivity index (χ3n) is 3.86. The summed E-state index contributed by atoms with van der Waals surface area (Å²) in [6.45, 7) is 7.20. The summed E-state index contributed by atoms with van der Waals surface area (Å²) in [6.07, 6.45) is 2.67. The van der Waals surface area contributed by atoms with Crippen molar-refractivity contribution in [3.05, 3.63) is 53.3 Å². The molecule has 0 fully saturated rings. The van der Waals surface area contributed by atoms with Gasteiger partial charge in [0, 0.05) is 31.9 Å². The number of nitrogens with one attached hydrogen (secondary N) is 1. The van der Waals surface area contributed by atoms with E-state index < -0.39 is 0 Å². The molecule has 124 valence electrons. The van der Waals surface area contributed by atoms with Crippen molar-refractivity contribution in [2.45, 2.75) is 33.4 Å². The molecular weight excluding hydrogens is 288 g/mol. The van der Waals surface area contributed by atoms with Gasteiger partial charge in [0.15, 0.2) is 0 Å². The highest BCUT2D eigenvalue weighted by Gasteiger charge is 2.13. The molecule has 5 heteroatoms. The molecule has 23 heavy (non-hydrogen) atoms. The van der Waals surface area contributed by atoms with E-state index in [0.717, 1.165) is 31.7 Å². The Morgan fingerprint density at radius 1 is 1.30 bits per heavy atom. The second-order valence-electron chi connectivity index (χ2n) is 5.85. The topological polar surface area (TPSA) is 50.2 Å². The van der Waals surface area contributed by atoms with Gasteiger partial charge in [-0.3, -0.25) is 9.48 Å². The lowest BCUT2D eigenvalue weighted by molar-refractivity contribution is 0.0949. The van der Waals surface area contributed by atoms with Crippen molar-refractivity contribution in [2.24, 2.45) is 0 Å². The number of hydrogen-bond acceptors (Lipinski definition) is 3. The SMILES string of the molecule is CCCn1ncc(C(=O)NCCN(C)Cc2ccccc2)c1C. The molecule has 0 unspecified atom stereocenters. The fraction of sp³-hybridized carbons (Fsp3) is 0.444. The van der Waals surface area contributed by atoms with Crippen molar-refractivity contribution in [3.63, 3.8) is 0 Å². The normalized spacial score (nSPS) is 11.0. The van der Waals surface area contributed by atoms with Crippen LogP contribution in [0.25, 0.3) is 0 Å². The highest BCUT2D eigenvalue weighted by atomic mass is 16.1.